The van der Waals surface area contributed by atoms with Crippen molar-refractivity contribution < 1.29 is 34.7 Å². The van der Waals surface area contributed by atoms with E-state index < -0.39 is 6.10 Å². The third-order valence-electron chi connectivity index (χ3n) is 4.64. The number of anilines is 1. The van der Waals surface area contributed by atoms with E-state index in [9.17, 15) is 5.11 Å². The number of aliphatic hydroxyl groups excluding tert-OH is 1. The van der Waals surface area contributed by atoms with Crippen LogP contribution in [0.1, 0.15) is 11.1 Å². The lowest BCUT2D eigenvalue weighted by molar-refractivity contribution is -0.001000. The van der Waals surface area contributed by atoms with Gasteiger partial charge in [0.2, 0.25) is 0 Å². The van der Waals surface area contributed by atoms with Gasteiger partial charge in [-0.15, -0.1) is 0 Å². The Labute approximate surface area is 174 Å². The molecule has 1 atom stereocenters. The van der Waals surface area contributed by atoms with E-state index in [1.807, 2.05) is 56.4 Å². The summed E-state index contributed by atoms with van der Waals surface area (Å²) in [5, 5.41) is 10.3. The fourth-order valence-electron chi connectivity index (χ4n) is 3.26. The molecule has 1 N–H and O–H groups in total. The number of hydrogen-bond acceptors (Lipinski definition) is 5. The minimum atomic E-state index is -0.486. The van der Waals surface area contributed by atoms with Gasteiger partial charge in [0.25, 0.3) is 0 Å². The zero-order chi connectivity index (χ0) is 17.6. The highest BCUT2D eigenvalue weighted by molar-refractivity contribution is 5.40. The van der Waals surface area contributed by atoms with E-state index in [0.717, 1.165) is 48.9 Å². The molecule has 1 unspecified atom stereocenters. The minimum Gasteiger partial charge on any atom is -1.00 e. The largest absolute Gasteiger partial charge is 1.00 e. The third-order valence-corrected chi connectivity index (χ3v) is 4.64. The number of ether oxygens (including phenoxy) is 1. The van der Waals surface area contributed by atoms with E-state index in [-0.39, 0.29) is 24.8 Å². The average molecular weight is 412 g/mol. The number of hydrogen-bond donors (Lipinski definition) is 1. The summed E-state index contributed by atoms with van der Waals surface area (Å²) in [6.07, 6.45) is 1.34. The number of rotatable bonds is 6. The SMILES string of the molecule is Cc1cccc(C)c1OCC(O)CN1CCN(c2ccccn2)CC1.[Cl-].[Cl-]. The Morgan fingerprint density at radius 3 is 2.26 bits per heavy atom. The number of halogens is 2. The summed E-state index contributed by atoms with van der Waals surface area (Å²) in [5.41, 5.74) is 2.22. The predicted octanol–water partition coefficient (Wildman–Crippen LogP) is -3.73. The summed E-state index contributed by atoms with van der Waals surface area (Å²) in [5.74, 6) is 1.92. The minimum absolute atomic E-state index is 0. The van der Waals surface area contributed by atoms with Crippen LogP contribution in [0.2, 0.25) is 0 Å². The topological polar surface area (TPSA) is 48.8 Å². The molecule has 1 aliphatic heterocycles. The number of aryl methyl sites for hydroxylation is 2. The van der Waals surface area contributed by atoms with Gasteiger partial charge < -0.3 is 39.6 Å². The maximum atomic E-state index is 10.3. The maximum absolute atomic E-state index is 10.3. The average Bonchev–Trinajstić information content (AvgIpc) is 2.63. The van der Waals surface area contributed by atoms with Crippen LogP contribution in [0.3, 0.4) is 0 Å². The van der Waals surface area contributed by atoms with Crippen molar-refractivity contribution in [2.75, 3.05) is 44.2 Å². The Kier molecular flexibility index (Phi) is 9.88. The second-order valence-electron chi connectivity index (χ2n) is 6.66. The Bertz CT molecular complexity index is 660. The molecular formula is C20H27Cl2N3O2-2. The van der Waals surface area contributed by atoms with Gasteiger partial charge in [-0.05, 0) is 37.1 Å². The van der Waals surface area contributed by atoms with E-state index in [2.05, 4.69) is 14.8 Å². The number of β-amino-alcohol motifs (C(OH)–C–C–N with tert-alkyl or cyclic N) is 1. The molecule has 3 rings (SSSR count). The first-order valence-electron chi connectivity index (χ1n) is 8.89. The molecule has 1 saturated heterocycles. The van der Waals surface area contributed by atoms with Gasteiger partial charge in [-0.25, -0.2) is 4.98 Å². The highest BCUT2D eigenvalue weighted by Gasteiger charge is 2.20. The first-order chi connectivity index (χ1) is 12.1. The first kappa shape index (κ1) is 23.5. The monoisotopic (exact) mass is 411 g/mol. The van der Waals surface area contributed by atoms with Gasteiger partial charge >= 0.3 is 0 Å². The molecule has 0 spiro atoms. The smallest absolute Gasteiger partial charge is 0.128 e. The molecular weight excluding hydrogens is 385 g/mol. The van der Waals surface area contributed by atoms with Crippen LogP contribution in [0.5, 0.6) is 5.75 Å². The second-order valence-corrected chi connectivity index (χ2v) is 6.66. The van der Waals surface area contributed by atoms with E-state index in [0.29, 0.717) is 13.2 Å². The molecule has 2 aromatic rings. The Morgan fingerprint density at radius 2 is 1.67 bits per heavy atom. The van der Waals surface area contributed by atoms with Crippen molar-refractivity contribution in [2.45, 2.75) is 20.0 Å². The van der Waals surface area contributed by atoms with Gasteiger partial charge in [0.15, 0.2) is 0 Å². The lowest BCUT2D eigenvalue weighted by Gasteiger charge is -2.36. The fourth-order valence-corrected chi connectivity index (χ4v) is 3.26. The Hall–Kier alpha value is -1.53. The summed E-state index contributed by atoms with van der Waals surface area (Å²) in [6, 6.07) is 12.1. The van der Waals surface area contributed by atoms with Crippen LogP contribution in [0.25, 0.3) is 0 Å². The number of nitrogens with zero attached hydrogens (tertiary/aromatic N) is 3. The summed E-state index contributed by atoms with van der Waals surface area (Å²) in [6.45, 7) is 8.75. The summed E-state index contributed by atoms with van der Waals surface area (Å²) in [7, 11) is 0. The first-order valence-corrected chi connectivity index (χ1v) is 8.89. The van der Waals surface area contributed by atoms with Gasteiger partial charge in [0.1, 0.15) is 24.3 Å². The highest BCUT2D eigenvalue weighted by Crippen LogP contribution is 2.22. The lowest BCUT2D eigenvalue weighted by Crippen LogP contribution is -3.00. The van der Waals surface area contributed by atoms with Crippen LogP contribution in [0, 0.1) is 13.8 Å². The number of benzene rings is 1. The van der Waals surface area contributed by atoms with Crippen LogP contribution in [0.4, 0.5) is 5.82 Å². The van der Waals surface area contributed by atoms with Gasteiger partial charge in [-0.2, -0.15) is 0 Å². The van der Waals surface area contributed by atoms with E-state index >= 15 is 0 Å². The Balaban J connectivity index is 0.00000182. The molecule has 1 aliphatic rings. The molecule has 27 heavy (non-hydrogen) atoms. The van der Waals surface area contributed by atoms with E-state index in [4.69, 9.17) is 4.74 Å². The predicted molar refractivity (Wildman–Crippen MR) is 100 cm³/mol. The fraction of sp³-hybridized carbons (Fsp3) is 0.450. The van der Waals surface area contributed by atoms with Crippen molar-refractivity contribution in [3.05, 3.63) is 53.7 Å². The summed E-state index contributed by atoms with van der Waals surface area (Å²) >= 11 is 0. The van der Waals surface area contributed by atoms with Crippen molar-refractivity contribution in [1.82, 2.24) is 9.88 Å². The van der Waals surface area contributed by atoms with Gasteiger partial charge in [0, 0.05) is 38.9 Å². The zero-order valence-corrected chi connectivity index (χ0v) is 17.3. The second kappa shape index (κ2) is 11.3. The van der Waals surface area contributed by atoms with Crippen LogP contribution >= 0.6 is 0 Å². The molecule has 1 fully saturated rings. The van der Waals surface area contributed by atoms with Crippen molar-refractivity contribution in [3.63, 3.8) is 0 Å². The Morgan fingerprint density at radius 1 is 1.00 bits per heavy atom. The summed E-state index contributed by atoms with van der Waals surface area (Å²) < 4.78 is 5.86. The van der Waals surface area contributed by atoms with Crippen LogP contribution < -0.4 is 34.5 Å². The van der Waals surface area contributed by atoms with Gasteiger partial charge in [0.05, 0.1) is 0 Å². The molecule has 0 radical (unpaired) electrons. The number of para-hydroxylation sites is 1. The third kappa shape index (κ3) is 6.54. The van der Waals surface area contributed by atoms with Gasteiger partial charge in [-0.3, -0.25) is 4.90 Å². The van der Waals surface area contributed by atoms with Crippen LogP contribution in [-0.4, -0.2) is 60.4 Å². The molecule has 2 heterocycles. The van der Waals surface area contributed by atoms with E-state index in [1.54, 1.807) is 0 Å². The molecule has 1 aromatic carbocycles. The number of pyridine rings is 1. The number of piperazine rings is 1. The molecule has 5 nitrogen and oxygen atoms in total. The summed E-state index contributed by atoms with van der Waals surface area (Å²) in [4.78, 5) is 8.98. The zero-order valence-electron chi connectivity index (χ0n) is 15.8. The molecule has 150 valence electrons. The standard InChI is InChI=1S/C20H27N3O2.2ClH/c1-16-6-5-7-17(2)20(16)25-15-18(24)14-22-10-12-23(13-11-22)19-8-3-4-9-21-19;;/h3-9,18,24H,10-15H2,1-2H3;2*1H/p-2. The molecule has 0 saturated carbocycles. The van der Waals surface area contributed by atoms with Crippen LogP contribution in [0.15, 0.2) is 42.6 Å². The quantitative estimate of drug-likeness (QED) is 0.529. The van der Waals surface area contributed by atoms with Crippen molar-refractivity contribution in [3.8, 4) is 5.75 Å². The highest BCUT2D eigenvalue weighted by atomic mass is 35.5. The van der Waals surface area contributed by atoms with E-state index in [1.165, 1.54) is 0 Å². The van der Waals surface area contributed by atoms with Crippen molar-refractivity contribution in [2.24, 2.45) is 0 Å². The molecule has 0 aliphatic carbocycles. The van der Waals surface area contributed by atoms with Crippen LogP contribution in [-0.2, 0) is 0 Å². The number of aromatic nitrogens is 1. The normalized spacial score (nSPS) is 15.4. The molecule has 0 amide bonds. The maximum Gasteiger partial charge on any atom is 0.128 e. The molecule has 7 heteroatoms. The van der Waals surface area contributed by atoms with Crippen molar-refractivity contribution in [1.29, 1.82) is 0 Å². The van der Waals surface area contributed by atoms with Crippen molar-refractivity contribution >= 4 is 5.82 Å². The van der Waals surface area contributed by atoms with Gasteiger partial charge in [-0.1, -0.05) is 24.3 Å². The number of aliphatic hydroxyl groups is 1. The molecule has 1 aromatic heterocycles. The molecule has 0 bridgehead atoms. The lowest BCUT2D eigenvalue weighted by atomic mass is 10.1.